The highest BCUT2D eigenvalue weighted by Gasteiger charge is 2.34. The van der Waals surface area contributed by atoms with Gasteiger partial charge in [0.1, 0.15) is 5.75 Å². The number of piperidine rings is 1. The molecule has 0 radical (unpaired) electrons. The lowest BCUT2D eigenvalue weighted by Gasteiger charge is -2.44. The lowest BCUT2D eigenvalue weighted by atomic mass is 9.79. The summed E-state index contributed by atoms with van der Waals surface area (Å²) in [6, 6.07) is 8.42. The molecule has 0 aromatic heterocycles. The second-order valence-corrected chi connectivity index (χ2v) is 7.99. The van der Waals surface area contributed by atoms with E-state index in [2.05, 4.69) is 24.8 Å². The van der Waals surface area contributed by atoms with Crippen LogP contribution in [0.1, 0.15) is 70.4 Å². The zero-order valence-electron chi connectivity index (χ0n) is 14.9. The molecule has 2 nitrogen and oxygen atoms in total. The van der Waals surface area contributed by atoms with Gasteiger partial charge in [-0.05, 0) is 67.8 Å². The Morgan fingerprint density at radius 1 is 1.13 bits per heavy atom. The van der Waals surface area contributed by atoms with E-state index >= 15 is 0 Å². The fraction of sp³-hybridized carbons (Fsp3) is 0.714. The summed E-state index contributed by atoms with van der Waals surface area (Å²) >= 11 is 0. The Kier molecular flexibility index (Phi) is 5.63. The van der Waals surface area contributed by atoms with E-state index in [1.165, 1.54) is 63.6 Å². The van der Waals surface area contributed by atoms with Crippen molar-refractivity contribution in [2.45, 2.75) is 64.8 Å². The highest BCUT2D eigenvalue weighted by atomic mass is 16.3. The van der Waals surface area contributed by atoms with E-state index in [1.54, 1.807) is 6.07 Å². The van der Waals surface area contributed by atoms with Gasteiger partial charge < -0.3 is 5.11 Å². The Balaban J connectivity index is 1.65. The maximum absolute atomic E-state index is 9.88. The van der Waals surface area contributed by atoms with E-state index in [1.807, 2.05) is 12.1 Å². The molecule has 2 heteroatoms. The first-order valence-corrected chi connectivity index (χ1v) is 9.68. The smallest absolute Gasteiger partial charge is 0.115 e. The quantitative estimate of drug-likeness (QED) is 0.788. The summed E-state index contributed by atoms with van der Waals surface area (Å²) in [4.78, 5) is 2.69. The minimum Gasteiger partial charge on any atom is -0.508 e. The lowest BCUT2D eigenvalue weighted by molar-refractivity contribution is 0.0607. The highest BCUT2D eigenvalue weighted by Crippen LogP contribution is 2.40. The van der Waals surface area contributed by atoms with Crippen LogP contribution < -0.4 is 0 Å². The number of nitrogens with zero attached hydrogens (tertiary/aromatic N) is 1. The van der Waals surface area contributed by atoms with Crippen molar-refractivity contribution in [3.8, 4) is 5.75 Å². The van der Waals surface area contributed by atoms with Crippen LogP contribution in [-0.4, -0.2) is 23.1 Å². The van der Waals surface area contributed by atoms with Crippen LogP contribution in [0, 0.1) is 17.8 Å². The molecule has 1 aliphatic carbocycles. The largest absolute Gasteiger partial charge is 0.508 e. The zero-order chi connectivity index (χ0) is 16.2. The molecule has 2 aliphatic rings. The van der Waals surface area contributed by atoms with E-state index in [9.17, 15) is 5.11 Å². The van der Waals surface area contributed by atoms with Crippen molar-refractivity contribution in [3.63, 3.8) is 0 Å². The van der Waals surface area contributed by atoms with Crippen molar-refractivity contribution in [2.75, 3.05) is 13.1 Å². The topological polar surface area (TPSA) is 23.5 Å². The minimum atomic E-state index is 0.402. The Morgan fingerprint density at radius 2 is 1.91 bits per heavy atom. The maximum atomic E-state index is 9.88. The summed E-state index contributed by atoms with van der Waals surface area (Å²) in [6.07, 6.45) is 9.88. The molecular formula is C21H33NO. The molecule has 1 saturated heterocycles. The third-order valence-corrected chi connectivity index (χ3v) is 6.40. The first-order chi connectivity index (χ1) is 11.1. The lowest BCUT2D eigenvalue weighted by Crippen LogP contribution is -2.42. The average molecular weight is 316 g/mol. The van der Waals surface area contributed by atoms with E-state index in [-0.39, 0.29) is 0 Å². The molecule has 1 saturated carbocycles. The molecule has 1 aromatic rings. The molecule has 3 rings (SSSR count). The van der Waals surface area contributed by atoms with Gasteiger partial charge in [-0.15, -0.1) is 0 Å². The number of aromatic hydroxyl groups is 1. The molecule has 0 bridgehead atoms. The summed E-state index contributed by atoms with van der Waals surface area (Å²) in [5.74, 6) is 2.81. The van der Waals surface area contributed by atoms with Crippen LogP contribution in [0.2, 0.25) is 0 Å². The highest BCUT2D eigenvalue weighted by molar-refractivity contribution is 5.30. The summed E-state index contributed by atoms with van der Waals surface area (Å²) in [5.41, 5.74) is 1.30. The van der Waals surface area contributed by atoms with Crippen LogP contribution in [0.15, 0.2) is 24.3 Å². The van der Waals surface area contributed by atoms with Gasteiger partial charge in [-0.25, -0.2) is 0 Å². The minimum absolute atomic E-state index is 0.402. The molecule has 1 heterocycles. The number of phenols is 1. The Morgan fingerprint density at radius 3 is 2.65 bits per heavy atom. The standard InChI is InChI=1S/C21H33NO/c1-16-12-14-22(13-6-9-18-7-3-4-8-18)21(17(16)2)19-10-5-11-20(23)15-19/h5,10-11,15-18,21,23H,3-4,6-9,12-14H2,1-2H3/t16?,17-,21-/m0/s1. The van der Waals surface area contributed by atoms with Crippen LogP contribution in [0.25, 0.3) is 0 Å². The Hall–Kier alpha value is -1.02. The third kappa shape index (κ3) is 4.09. The first-order valence-electron chi connectivity index (χ1n) is 9.68. The zero-order valence-corrected chi connectivity index (χ0v) is 14.9. The third-order valence-electron chi connectivity index (χ3n) is 6.40. The van der Waals surface area contributed by atoms with Crippen LogP contribution in [0.4, 0.5) is 0 Å². The molecule has 2 fully saturated rings. The normalized spacial score (nSPS) is 29.9. The van der Waals surface area contributed by atoms with Gasteiger partial charge in [-0.1, -0.05) is 51.7 Å². The SMILES string of the molecule is CC1CCN(CCCC2CCCC2)[C@H](c2cccc(O)c2)[C@H]1C. The van der Waals surface area contributed by atoms with Gasteiger partial charge in [0.05, 0.1) is 0 Å². The van der Waals surface area contributed by atoms with E-state index < -0.39 is 0 Å². The Bertz CT molecular complexity index is 494. The molecule has 23 heavy (non-hydrogen) atoms. The maximum Gasteiger partial charge on any atom is 0.115 e. The van der Waals surface area contributed by atoms with Crippen LogP contribution in [0.3, 0.4) is 0 Å². The molecule has 1 aromatic carbocycles. The Labute approximate surface area is 141 Å². The van der Waals surface area contributed by atoms with Crippen LogP contribution >= 0.6 is 0 Å². The van der Waals surface area contributed by atoms with Crippen molar-refractivity contribution in [2.24, 2.45) is 17.8 Å². The van der Waals surface area contributed by atoms with E-state index in [0.29, 0.717) is 17.7 Å². The van der Waals surface area contributed by atoms with Gasteiger partial charge in [0, 0.05) is 6.04 Å². The number of rotatable bonds is 5. The molecule has 0 spiro atoms. The molecule has 1 unspecified atom stereocenters. The van der Waals surface area contributed by atoms with E-state index in [0.717, 1.165) is 11.8 Å². The predicted molar refractivity (Wildman–Crippen MR) is 96.6 cm³/mol. The summed E-state index contributed by atoms with van der Waals surface area (Å²) in [5, 5.41) is 9.88. The van der Waals surface area contributed by atoms with Gasteiger partial charge in [0.25, 0.3) is 0 Å². The summed E-state index contributed by atoms with van der Waals surface area (Å²) < 4.78 is 0. The number of hydrogen-bond acceptors (Lipinski definition) is 2. The monoisotopic (exact) mass is 315 g/mol. The molecular weight excluding hydrogens is 282 g/mol. The molecule has 1 N–H and O–H groups in total. The number of hydrogen-bond donors (Lipinski definition) is 1. The van der Waals surface area contributed by atoms with Gasteiger partial charge in [0.2, 0.25) is 0 Å². The number of likely N-dealkylation sites (tertiary alicyclic amines) is 1. The van der Waals surface area contributed by atoms with Crippen molar-refractivity contribution in [3.05, 3.63) is 29.8 Å². The molecule has 1 aliphatic heterocycles. The van der Waals surface area contributed by atoms with Crippen molar-refractivity contribution >= 4 is 0 Å². The fourth-order valence-electron chi connectivity index (χ4n) is 4.77. The molecule has 3 atom stereocenters. The second-order valence-electron chi connectivity index (χ2n) is 7.99. The van der Waals surface area contributed by atoms with Crippen molar-refractivity contribution in [1.82, 2.24) is 4.90 Å². The van der Waals surface area contributed by atoms with Crippen molar-refractivity contribution < 1.29 is 5.11 Å². The van der Waals surface area contributed by atoms with E-state index in [4.69, 9.17) is 0 Å². The van der Waals surface area contributed by atoms with Crippen molar-refractivity contribution in [1.29, 1.82) is 0 Å². The summed E-state index contributed by atoms with van der Waals surface area (Å²) in [6.45, 7) is 7.20. The number of benzene rings is 1. The second kappa shape index (κ2) is 7.70. The number of phenolic OH excluding ortho intramolecular Hbond substituents is 1. The fourth-order valence-corrected chi connectivity index (χ4v) is 4.77. The van der Waals surface area contributed by atoms with Gasteiger partial charge in [-0.3, -0.25) is 4.90 Å². The average Bonchev–Trinajstić information content (AvgIpc) is 3.04. The molecule has 0 amide bonds. The van der Waals surface area contributed by atoms with Crippen LogP contribution in [0.5, 0.6) is 5.75 Å². The first kappa shape index (κ1) is 16.8. The van der Waals surface area contributed by atoms with Gasteiger partial charge >= 0.3 is 0 Å². The van der Waals surface area contributed by atoms with Gasteiger partial charge in [-0.2, -0.15) is 0 Å². The van der Waals surface area contributed by atoms with Gasteiger partial charge in [0.15, 0.2) is 0 Å². The molecule has 128 valence electrons. The summed E-state index contributed by atoms with van der Waals surface area (Å²) in [7, 11) is 0. The predicted octanol–water partition coefficient (Wildman–Crippen LogP) is 5.38. The van der Waals surface area contributed by atoms with Crippen LogP contribution in [-0.2, 0) is 0 Å².